The zero-order valence-electron chi connectivity index (χ0n) is 19.4. The number of amides is 1. The van der Waals surface area contributed by atoms with E-state index in [2.05, 4.69) is 15.4 Å². The number of aromatic nitrogens is 3. The average Bonchev–Trinajstić information content (AvgIpc) is 3.27. The fraction of sp³-hybridized carbons (Fsp3) is 0.192. The fourth-order valence-corrected chi connectivity index (χ4v) is 3.96. The summed E-state index contributed by atoms with van der Waals surface area (Å²) in [5.41, 5.74) is 4.79. The van der Waals surface area contributed by atoms with Gasteiger partial charge in [0, 0.05) is 29.5 Å². The van der Waals surface area contributed by atoms with E-state index in [0.717, 1.165) is 27.9 Å². The van der Waals surface area contributed by atoms with E-state index in [9.17, 15) is 4.79 Å². The molecule has 0 saturated heterocycles. The first-order valence-electron chi connectivity index (χ1n) is 10.7. The average molecular weight is 477 g/mol. The molecule has 0 aliphatic rings. The van der Waals surface area contributed by atoms with E-state index in [1.807, 2.05) is 62.4 Å². The van der Waals surface area contributed by atoms with Gasteiger partial charge in [-0.2, -0.15) is 5.10 Å². The first-order chi connectivity index (χ1) is 16.4. The molecule has 1 N–H and O–H groups in total. The van der Waals surface area contributed by atoms with E-state index in [4.69, 9.17) is 21.1 Å². The van der Waals surface area contributed by atoms with Crippen molar-refractivity contribution in [3.8, 4) is 28.4 Å². The van der Waals surface area contributed by atoms with Crippen molar-refractivity contribution in [3.63, 3.8) is 0 Å². The SMILES string of the molecule is COc1ccc(CNC(=O)c2cc(-c3cc(C)cc(Cl)c3)cnc2-n2ccc(C)n2)cc1OC. The number of halogens is 1. The van der Waals surface area contributed by atoms with E-state index >= 15 is 0 Å². The normalized spacial score (nSPS) is 10.7. The lowest BCUT2D eigenvalue weighted by atomic mass is 10.0. The van der Waals surface area contributed by atoms with Crippen LogP contribution in [0, 0.1) is 13.8 Å². The van der Waals surface area contributed by atoms with E-state index in [0.29, 0.717) is 34.4 Å². The summed E-state index contributed by atoms with van der Waals surface area (Å²) in [6.07, 6.45) is 3.51. The summed E-state index contributed by atoms with van der Waals surface area (Å²) >= 11 is 6.26. The number of benzene rings is 2. The van der Waals surface area contributed by atoms with E-state index in [1.54, 1.807) is 31.3 Å². The Bertz CT molecular complexity index is 1330. The minimum atomic E-state index is -0.272. The smallest absolute Gasteiger partial charge is 0.255 e. The van der Waals surface area contributed by atoms with E-state index in [-0.39, 0.29) is 5.91 Å². The highest BCUT2D eigenvalue weighted by molar-refractivity contribution is 6.31. The molecule has 8 heteroatoms. The van der Waals surface area contributed by atoms with Crippen molar-refractivity contribution in [1.29, 1.82) is 0 Å². The van der Waals surface area contributed by atoms with Crippen molar-refractivity contribution < 1.29 is 14.3 Å². The summed E-state index contributed by atoms with van der Waals surface area (Å²) in [6, 6.07) is 14.9. The molecule has 0 saturated carbocycles. The van der Waals surface area contributed by atoms with Crippen LogP contribution < -0.4 is 14.8 Å². The summed E-state index contributed by atoms with van der Waals surface area (Å²) in [4.78, 5) is 17.9. The molecule has 34 heavy (non-hydrogen) atoms. The highest BCUT2D eigenvalue weighted by Crippen LogP contribution is 2.28. The molecule has 0 spiro atoms. The molecule has 174 valence electrons. The van der Waals surface area contributed by atoms with Crippen LogP contribution in [0.4, 0.5) is 0 Å². The lowest BCUT2D eigenvalue weighted by Gasteiger charge is -2.13. The Morgan fingerprint density at radius 1 is 1.00 bits per heavy atom. The lowest BCUT2D eigenvalue weighted by molar-refractivity contribution is 0.0950. The number of aryl methyl sites for hydroxylation is 2. The number of hydrogen-bond acceptors (Lipinski definition) is 5. The number of carbonyl (C=O) groups is 1. The maximum Gasteiger partial charge on any atom is 0.255 e. The van der Waals surface area contributed by atoms with Gasteiger partial charge in [0.1, 0.15) is 0 Å². The van der Waals surface area contributed by atoms with Gasteiger partial charge in [-0.05, 0) is 66.9 Å². The molecule has 0 atom stereocenters. The lowest BCUT2D eigenvalue weighted by Crippen LogP contribution is -2.25. The zero-order valence-corrected chi connectivity index (χ0v) is 20.2. The van der Waals surface area contributed by atoms with Gasteiger partial charge in [0.2, 0.25) is 0 Å². The molecule has 2 aromatic heterocycles. The second-order valence-corrected chi connectivity index (χ2v) is 8.32. The first-order valence-corrected chi connectivity index (χ1v) is 11.0. The predicted octanol–water partition coefficient (Wildman–Crippen LogP) is 5.15. The third-order valence-electron chi connectivity index (χ3n) is 5.33. The molecule has 2 heterocycles. The van der Waals surface area contributed by atoms with Crippen molar-refractivity contribution in [2.45, 2.75) is 20.4 Å². The molecule has 1 amide bonds. The summed E-state index contributed by atoms with van der Waals surface area (Å²) in [7, 11) is 3.16. The van der Waals surface area contributed by atoms with Crippen molar-refractivity contribution in [2.75, 3.05) is 14.2 Å². The molecular weight excluding hydrogens is 452 g/mol. The second-order valence-electron chi connectivity index (χ2n) is 7.89. The Hall–Kier alpha value is -3.84. The molecular formula is C26H25ClN4O3. The van der Waals surface area contributed by atoms with Crippen molar-refractivity contribution >= 4 is 17.5 Å². The van der Waals surface area contributed by atoms with Gasteiger partial charge in [0.25, 0.3) is 5.91 Å². The Labute approximate surface area is 203 Å². The maximum atomic E-state index is 13.3. The highest BCUT2D eigenvalue weighted by Gasteiger charge is 2.17. The van der Waals surface area contributed by atoms with Crippen LogP contribution in [0.1, 0.15) is 27.2 Å². The highest BCUT2D eigenvalue weighted by atomic mass is 35.5. The van der Waals surface area contributed by atoms with Gasteiger partial charge in [-0.1, -0.05) is 23.7 Å². The number of nitrogens with zero attached hydrogens (tertiary/aromatic N) is 3. The third-order valence-corrected chi connectivity index (χ3v) is 5.55. The number of ether oxygens (including phenoxy) is 2. The molecule has 0 bridgehead atoms. The molecule has 4 aromatic rings. The zero-order chi connectivity index (χ0) is 24.2. The van der Waals surface area contributed by atoms with Crippen LogP contribution in [-0.2, 0) is 6.54 Å². The van der Waals surface area contributed by atoms with Gasteiger partial charge in [-0.25, -0.2) is 9.67 Å². The predicted molar refractivity (Wildman–Crippen MR) is 132 cm³/mol. The Morgan fingerprint density at radius 2 is 1.79 bits per heavy atom. The quantitative estimate of drug-likeness (QED) is 0.399. The standard InChI is InChI=1S/C26H25ClN4O3/c1-16-9-19(12-21(27)10-16)20-13-22(25(28-15-20)31-8-7-17(2)30-31)26(32)29-14-18-5-6-23(33-3)24(11-18)34-4/h5-13,15H,14H2,1-4H3,(H,29,32). The number of rotatable bonds is 7. The summed E-state index contributed by atoms with van der Waals surface area (Å²) in [5, 5.41) is 8.04. The topological polar surface area (TPSA) is 78.3 Å². The van der Waals surface area contributed by atoms with Crippen LogP contribution in [0.15, 0.2) is 60.9 Å². The third kappa shape index (κ3) is 5.05. The van der Waals surface area contributed by atoms with Gasteiger partial charge >= 0.3 is 0 Å². The molecule has 4 rings (SSSR count). The number of hydrogen-bond donors (Lipinski definition) is 1. The molecule has 0 aliphatic heterocycles. The number of nitrogens with one attached hydrogen (secondary N) is 1. The fourth-order valence-electron chi connectivity index (χ4n) is 3.67. The minimum Gasteiger partial charge on any atom is -0.493 e. The molecule has 0 fully saturated rings. The summed E-state index contributed by atoms with van der Waals surface area (Å²) < 4.78 is 12.3. The Morgan fingerprint density at radius 3 is 2.47 bits per heavy atom. The van der Waals surface area contributed by atoms with Gasteiger partial charge in [-0.3, -0.25) is 4.79 Å². The largest absolute Gasteiger partial charge is 0.493 e. The van der Waals surface area contributed by atoms with Crippen molar-refractivity contribution in [2.24, 2.45) is 0 Å². The van der Waals surface area contributed by atoms with Crippen LogP contribution in [0.3, 0.4) is 0 Å². The summed E-state index contributed by atoms with van der Waals surface area (Å²) in [6.45, 7) is 4.16. The first kappa shape index (κ1) is 23.3. The van der Waals surface area contributed by atoms with Crippen LogP contribution in [-0.4, -0.2) is 34.9 Å². The van der Waals surface area contributed by atoms with E-state index < -0.39 is 0 Å². The van der Waals surface area contributed by atoms with Crippen LogP contribution >= 0.6 is 11.6 Å². The van der Waals surface area contributed by atoms with E-state index in [1.165, 1.54) is 0 Å². The molecule has 7 nitrogen and oxygen atoms in total. The van der Waals surface area contributed by atoms with Crippen LogP contribution in [0.25, 0.3) is 16.9 Å². The van der Waals surface area contributed by atoms with Gasteiger partial charge in [-0.15, -0.1) is 0 Å². The Kier molecular flexibility index (Phi) is 6.84. The van der Waals surface area contributed by atoms with Gasteiger partial charge < -0.3 is 14.8 Å². The number of methoxy groups -OCH3 is 2. The van der Waals surface area contributed by atoms with Crippen LogP contribution in [0.2, 0.25) is 5.02 Å². The molecule has 0 unspecified atom stereocenters. The monoisotopic (exact) mass is 476 g/mol. The van der Waals surface area contributed by atoms with Gasteiger partial charge in [0.05, 0.1) is 25.5 Å². The second kappa shape index (κ2) is 9.97. The molecule has 0 aliphatic carbocycles. The summed E-state index contributed by atoms with van der Waals surface area (Å²) in [5.74, 6) is 1.40. The number of carbonyl (C=O) groups excluding carboxylic acids is 1. The van der Waals surface area contributed by atoms with Crippen molar-refractivity contribution in [3.05, 3.63) is 88.3 Å². The number of pyridine rings is 1. The van der Waals surface area contributed by atoms with Gasteiger partial charge in [0.15, 0.2) is 17.3 Å². The van der Waals surface area contributed by atoms with Crippen LogP contribution in [0.5, 0.6) is 11.5 Å². The Balaban J connectivity index is 1.68. The minimum absolute atomic E-state index is 0.272. The van der Waals surface area contributed by atoms with Crippen molar-refractivity contribution in [1.82, 2.24) is 20.1 Å². The molecule has 2 aromatic carbocycles. The molecule has 0 radical (unpaired) electrons. The maximum absolute atomic E-state index is 13.3.